The van der Waals surface area contributed by atoms with Crippen molar-refractivity contribution < 1.29 is 4.79 Å². The average Bonchev–Trinajstić information content (AvgIpc) is 3.25. The number of amides is 1. The number of pyridine rings is 1. The van der Waals surface area contributed by atoms with E-state index >= 15 is 0 Å². The number of aromatic nitrogens is 4. The van der Waals surface area contributed by atoms with Crippen molar-refractivity contribution in [3.8, 4) is 17.1 Å². The molecule has 166 valence electrons. The van der Waals surface area contributed by atoms with Gasteiger partial charge < -0.3 is 0 Å². The van der Waals surface area contributed by atoms with Crippen LogP contribution < -0.4 is 5.43 Å². The fourth-order valence-electron chi connectivity index (χ4n) is 2.83. The molecule has 1 amide bonds. The Hall–Kier alpha value is -2.72. The first-order chi connectivity index (χ1) is 16.0. The number of benzene rings is 2. The summed E-state index contributed by atoms with van der Waals surface area (Å²) in [5.41, 5.74) is 4.82. The van der Waals surface area contributed by atoms with E-state index in [4.69, 9.17) is 23.2 Å². The van der Waals surface area contributed by atoms with E-state index in [0.717, 1.165) is 15.7 Å². The van der Waals surface area contributed by atoms with Gasteiger partial charge in [0.25, 0.3) is 5.91 Å². The van der Waals surface area contributed by atoms with Crippen LogP contribution in [0.5, 0.6) is 0 Å². The number of nitrogens with one attached hydrogen (secondary N) is 1. The van der Waals surface area contributed by atoms with Gasteiger partial charge in [0.05, 0.1) is 22.0 Å². The van der Waals surface area contributed by atoms with Crippen LogP contribution in [0.25, 0.3) is 17.1 Å². The maximum absolute atomic E-state index is 12.4. The van der Waals surface area contributed by atoms with Gasteiger partial charge in [0, 0.05) is 33.7 Å². The summed E-state index contributed by atoms with van der Waals surface area (Å²) in [6.45, 7) is 0. The SMILES string of the molecule is O=C(CSc1nnc(-c2ccncc2)n1-c1ccc(Br)cc1)N/N=C/c1cccc(Cl)c1Cl. The molecule has 1 N–H and O–H groups in total. The molecule has 0 radical (unpaired) electrons. The first-order valence-electron chi connectivity index (χ1n) is 9.53. The number of carbonyl (C=O) groups excluding carboxylic acids is 1. The van der Waals surface area contributed by atoms with Crippen molar-refractivity contribution in [2.75, 3.05) is 5.75 Å². The summed E-state index contributed by atoms with van der Waals surface area (Å²) in [4.78, 5) is 16.4. The van der Waals surface area contributed by atoms with E-state index in [1.165, 1.54) is 18.0 Å². The highest BCUT2D eigenvalue weighted by Crippen LogP contribution is 2.28. The minimum Gasteiger partial charge on any atom is -0.272 e. The lowest BCUT2D eigenvalue weighted by molar-refractivity contribution is -0.118. The van der Waals surface area contributed by atoms with E-state index in [1.54, 1.807) is 30.6 Å². The molecule has 0 unspecified atom stereocenters. The molecule has 0 saturated heterocycles. The number of hydrogen-bond donors (Lipinski definition) is 1. The minimum atomic E-state index is -0.301. The Morgan fingerprint density at radius 3 is 2.61 bits per heavy atom. The van der Waals surface area contributed by atoms with Gasteiger partial charge in [-0.05, 0) is 42.5 Å². The highest BCUT2D eigenvalue weighted by Gasteiger charge is 2.17. The molecule has 2 aromatic heterocycles. The zero-order valence-corrected chi connectivity index (χ0v) is 20.7. The Bertz CT molecular complexity index is 1300. The van der Waals surface area contributed by atoms with E-state index in [1.807, 2.05) is 41.0 Å². The highest BCUT2D eigenvalue weighted by atomic mass is 79.9. The van der Waals surface area contributed by atoms with Crippen LogP contribution in [-0.4, -0.2) is 37.6 Å². The van der Waals surface area contributed by atoms with Crippen LogP contribution in [0.2, 0.25) is 10.0 Å². The van der Waals surface area contributed by atoms with Crippen molar-refractivity contribution in [3.63, 3.8) is 0 Å². The molecular weight excluding hydrogens is 547 g/mol. The standard InChI is InChI=1S/C22H15BrCl2N6OS/c23-16-4-6-17(7-5-16)31-21(14-8-10-26-11-9-14)29-30-22(31)33-13-19(32)28-27-12-15-2-1-3-18(24)20(15)25/h1-12H,13H2,(H,28,32)/b27-12+. The molecule has 0 aliphatic rings. The Morgan fingerprint density at radius 2 is 1.85 bits per heavy atom. The van der Waals surface area contributed by atoms with Gasteiger partial charge in [0.1, 0.15) is 0 Å². The third-order valence-electron chi connectivity index (χ3n) is 4.36. The predicted octanol–water partition coefficient (Wildman–Crippen LogP) is 5.64. The van der Waals surface area contributed by atoms with Crippen LogP contribution in [0, 0.1) is 0 Å². The first-order valence-corrected chi connectivity index (χ1v) is 12.1. The molecule has 4 aromatic rings. The van der Waals surface area contributed by atoms with Crippen LogP contribution >= 0.6 is 50.9 Å². The average molecular weight is 562 g/mol. The lowest BCUT2D eigenvalue weighted by Gasteiger charge is -2.10. The number of thioether (sulfide) groups is 1. The third kappa shape index (κ3) is 5.80. The van der Waals surface area contributed by atoms with Crippen molar-refractivity contribution in [3.05, 3.63) is 87.1 Å². The van der Waals surface area contributed by atoms with Crippen LogP contribution in [-0.2, 0) is 4.79 Å². The molecule has 0 aliphatic carbocycles. The molecule has 2 aromatic carbocycles. The molecule has 2 heterocycles. The number of hydrazone groups is 1. The maximum atomic E-state index is 12.4. The predicted molar refractivity (Wildman–Crippen MR) is 135 cm³/mol. The summed E-state index contributed by atoms with van der Waals surface area (Å²) in [5.74, 6) is 0.437. The summed E-state index contributed by atoms with van der Waals surface area (Å²) in [7, 11) is 0. The zero-order chi connectivity index (χ0) is 23.2. The van der Waals surface area contributed by atoms with Crippen LogP contribution in [0.4, 0.5) is 0 Å². The molecular formula is C22H15BrCl2N6OS. The number of halogens is 3. The Kier molecular flexibility index (Phi) is 7.77. The number of hydrogen-bond acceptors (Lipinski definition) is 6. The Labute approximate surface area is 212 Å². The van der Waals surface area contributed by atoms with Gasteiger partial charge in [-0.15, -0.1) is 10.2 Å². The van der Waals surface area contributed by atoms with Gasteiger partial charge >= 0.3 is 0 Å². The fraction of sp³-hybridized carbons (Fsp3) is 0.0455. The molecule has 11 heteroatoms. The van der Waals surface area contributed by atoms with Crippen LogP contribution in [0.3, 0.4) is 0 Å². The zero-order valence-electron chi connectivity index (χ0n) is 16.8. The van der Waals surface area contributed by atoms with E-state index < -0.39 is 0 Å². The van der Waals surface area contributed by atoms with Gasteiger partial charge in [0.2, 0.25) is 0 Å². The lowest BCUT2D eigenvalue weighted by atomic mass is 10.2. The van der Waals surface area contributed by atoms with Gasteiger partial charge in [0.15, 0.2) is 11.0 Å². The number of rotatable bonds is 7. The monoisotopic (exact) mass is 560 g/mol. The van der Waals surface area contributed by atoms with Crippen molar-refractivity contribution in [2.45, 2.75) is 5.16 Å². The molecule has 7 nitrogen and oxygen atoms in total. The highest BCUT2D eigenvalue weighted by molar-refractivity contribution is 9.10. The van der Waals surface area contributed by atoms with Crippen molar-refractivity contribution in [1.29, 1.82) is 0 Å². The fourth-order valence-corrected chi connectivity index (χ4v) is 4.20. The second-order valence-electron chi connectivity index (χ2n) is 6.58. The summed E-state index contributed by atoms with van der Waals surface area (Å²) in [6.07, 6.45) is 4.84. The second-order valence-corrected chi connectivity index (χ2v) is 9.22. The number of nitrogens with zero attached hydrogens (tertiary/aromatic N) is 5. The minimum absolute atomic E-state index is 0.0889. The molecule has 0 aliphatic heterocycles. The smallest absolute Gasteiger partial charge is 0.250 e. The van der Waals surface area contributed by atoms with Gasteiger partial charge in [-0.25, -0.2) is 5.43 Å². The van der Waals surface area contributed by atoms with E-state index in [9.17, 15) is 4.79 Å². The summed E-state index contributed by atoms with van der Waals surface area (Å²) in [6, 6.07) is 16.7. The van der Waals surface area contributed by atoms with Gasteiger partial charge in [-0.1, -0.05) is 63.0 Å². The lowest BCUT2D eigenvalue weighted by Crippen LogP contribution is -2.20. The molecule has 0 fully saturated rings. The van der Waals surface area contributed by atoms with Crippen LogP contribution in [0.1, 0.15) is 5.56 Å². The topological polar surface area (TPSA) is 85.1 Å². The molecule has 0 spiro atoms. The third-order valence-corrected chi connectivity index (χ3v) is 6.65. The molecule has 0 saturated carbocycles. The molecule has 0 atom stereocenters. The summed E-state index contributed by atoms with van der Waals surface area (Å²) < 4.78 is 2.85. The van der Waals surface area contributed by atoms with E-state index in [2.05, 4.69) is 41.6 Å². The van der Waals surface area contributed by atoms with E-state index in [-0.39, 0.29) is 11.7 Å². The largest absolute Gasteiger partial charge is 0.272 e. The Balaban J connectivity index is 1.50. The summed E-state index contributed by atoms with van der Waals surface area (Å²) >= 11 is 16.8. The maximum Gasteiger partial charge on any atom is 0.250 e. The molecule has 0 bridgehead atoms. The van der Waals surface area contributed by atoms with Crippen molar-refractivity contribution in [1.82, 2.24) is 25.2 Å². The second kappa shape index (κ2) is 10.9. The Morgan fingerprint density at radius 1 is 1.09 bits per heavy atom. The first kappa shape index (κ1) is 23.4. The van der Waals surface area contributed by atoms with Crippen molar-refractivity contribution in [2.24, 2.45) is 5.10 Å². The van der Waals surface area contributed by atoms with E-state index in [0.29, 0.717) is 26.6 Å². The normalized spacial score (nSPS) is 11.1. The van der Waals surface area contributed by atoms with Crippen molar-refractivity contribution >= 4 is 63.0 Å². The van der Waals surface area contributed by atoms with Gasteiger partial charge in [-0.2, -0.15) is 5.10 Å². The summed E-state index contributed by atoms with van der Waals surface area (Å²) in [5, 5.41) is 14.0. The number of carbonyl (C=O) groups is 1. The molecule has 33 heavy (non-hydrogen) atoms. The quantitative estimate of drug-likeness (QED) is 0.179. The van der Waals surface area contributed by atoms with Crippen LogP contribution in [0.15, 0.2) is 81.7 Å². The van der Waals surface area contributed by atoms with Gasteiger partial charge in [-0.3, -0.25) is 14.3 Å². The molecule has 4 rings (SSSR count).